The van der Waals surface area contributed by atoms with Crippen LogP contribution in [0.15, 0.2) is 42.0 Å². The number of benzene rings is 2. The maximum Gasteiger partial charge on any atom is 0.266 e. The molecule has 1 amide bonds. The second-order valence-corrected chi connectivity index (χ2v) is 6.08. The summed E-state index contributed by atoms with van der Waals surface area (Å²) in [5.74, 6) is 0.564. The molecule has 5 nitrogen and oxygen atoms in total. The van der Waals surface area contributed by atoms with E-state index in [1.165, 1.54) is 6.08 Å². The summed E-state index contributed by atoms with van der Waals surface area (Å²) in [6.45, 7) is 4.68. The molecule has 1 N–H and O–H groups in total. The van der Waals surface area contributed by atoms with Gasteiger partial charge in [-0.25, -0.2) is 0 Å². The van der Waals surface area contributed by atoms with Crippen LogP contribution in [0.5, 0.6) is 11.5 Å². The molecule has 0 aliphatic heterocycles. The second kappa shape index (κ2) is 9.86. The van der Waals surface area contributed by atoms with Gasteiger partial charge in [-0.2, -0.15) is 5.26 Å². The number of ether oxygens (including phenoxy) is 2. The summed E-state index contributed by atoms with van der Waals surface area (Å²) in [6.07, 6.45) is 1.45. The van der Waals surface area contributed by atoms with Gasteiger partial charge in [-0.05, 0) is 44.2 Å². The Balaban J connectivity index is 2.33. The maximum atomic E-state index is 12.5. The molecular formula is C20H18Cl2N2O3. The first-order valence-corrected chi connectivity index (χ1v) is 9.02. The molecule has 0 fully saturated rings. The van der Waals surface area contributed by atoms with Crippen molar-refractivity contribution < 1.29 is 14.3 Å². The van der Waals surface area contributed by atoms with Gasteiger partial charge in [-0.3, -0.25) is 4.79 Å². The first kappa shape index (κ1) is 20.6. The molecule has 0 spiro atoms. The van der Waals surface area contributed by atoms with Crippen LogP contribution in [0.2, 0.25) is 10.0 Å². The Hall–Kier alpha value is -2.68. The van der Waals surface area contributed by atoms with Gasteiger partial charge in [0, 0.05) is 11.6 Å². The van der Waals surface area contributed by atoms with Gasteiger partial charge >= 0.3 is 0 Å². The average Bonchev–Trinajstić information content (AvgIpc) is 2.65. The third-order valence-electron chi connectivity index (χ3n) is 3.46. The van der Waals surface area contributed by atoms with E-state index in [0.717, 1.165) is 0 Å². The fourth-order valence-corrected chi connectivity index (χ4v) is 2.61. The summed E-state index contributed by atoms with van der Waals surface area (Å²) in [5.41, 5.74) is 0.812. The van der Waals surface area contributed by atoms with Gasteiger partial charge in [0.2, 0.25) is 0 Å². The summed E-state index contributed by atoms with van der Waals surface area (Å²) < 4.78 is 11.1. The summed E-state index contributed by atoms with van der Waals surface area (Å²) >= 11 is 12.0. The van der Waals surface area contributed by atoms with Gasteiger partial charge in [0.15, 0.2) is 0 Å². The minimum atomic E-state index is -0.599. The zero-order chi connectivity index (χ0) is 19.8. The fourth-order valence-electron chi connectivity index (χ4n) is 2.26. The van der Waals surface area contributed by atoms with Crippen molar-refractivity contribution >= 4 is 40.9 Å². The van der Waals surface area contributed by atoms with E-state index in [1.54, 1.807) is 36.4 Å². The average molecular weight is 405 g/mol. The fraction of sp³-hybridized carbons (Fsp3) is 0.200. The van der Waals surface area contributed by atoms with E-state index in [2.05, 4.69) is 5.32 Å². The molecule has 2 aromatic rings. The van der Waals surface area contributed by atoms with Crippen molar-refractivity contribution in [3.8, 4) is 17.6 Å². The molecule has 27 heavy (non-hydrogen) atoms. The molecule has 0 radical (unpaired) electrons. The number of carbonyl (C=O) groups excluding carboxylic acids is 1. The Morgan fingerprint density at radius 1 is 1.19 bits per heavy atom. The maximum absolute atomic E-state index is 12.5. The number of anilines is 1. The SMILES string of the molecule is CCOc1ccc(/C=C(/C#N)C(=O)Nc2cccc(Cl)c2Cl)c(OCC)c1. The molecule has 0 heterocycles. The number of hydrogen-bond donors (Lipinski definition) is 1. The lowest BCUT2D eigenvalue weighted by molar-refractivity contribution is -0.112. The van der Waals surface area contributed by atoms with E-state index in [0.29, 0.717) is 41.0 Å². The van der Waals surface area contributed by atoms with Crippen LogP contribution in [0.25, 0.3) is 6.08 Å². The molecule has 0 aliphatic rings. The number of nitriles is 1. The summed E-state index contributed by atoms with van der Waals surface area (Å²) in [7, 11) is 0. The van der Waals surface area contributed by atoms with Crippen LogP contribution in [-0.4, -0.2) is 19.1 Å². The van der Waals surface area contributed by atoms with E-state index in [4.69, 9.17) is 32.7 Å². The van der Waals surface area contributed by atoms with Gasteiger partial charge in [0.05, 0.1) is 28.9 Å². The Morgan fingerprint density at radius 2 is 1.93 bits per heavy atom. The van der Waals surface area contributed by atoms with Crippen LogP contribution in [0.3, 0.4) is 0 Å². The van der Waals surface area contributed by atoms with Crippen molar-refractivity contribution in [1.82, 2.24) is 0 Å². The van der Waals surface area contributed by atoms with Crippen LogP contribution < -0.4 is 14.8 Å². The Morgan fingerprint density at radius 3 is 2.59 bits per heavy atom. The molecule has 2 aromatic carbocycles. The first-order valence-electron chi connectivity index (χ1n) is 8.26. The highest BCUT2D eigenvalue weighted by molar-refractivity contribution is 6.44. The lowest BCUT2D eigenvalue weighted by atomic mass is 10.1. The zero-order valence-electron chi connectivity index (χ0n) is 14.9. The van der Waals surface area contributed by atoms with Crippen molar-refractivity contribution in [2.75, 3.05) is 18.5 Å². The highest BCUT2D eigenvalue weighted by atomic mass is 35.5. The standard InChI is InChI=1S/C20H18Cl2N2O3/c1-3-26-15-9-8-13(18(11-15)27-4-2)10-14(12-23)20(25)24-17-7-5-6-16(21)19(17)22/h5-11H,3-4H2,1-2H3,(H,24,25)/b14-10-. The lowest BCUT2D eigenvalue weighted by Crippen LogP contribution is -2.14. The molecule has 2 rings (SSSR count). The smallest absolute Gasteiger partial charge is 0.266 e. The van der Waals surface area contributed by atoms with Gasteiger partial charge in [0.25, 0.3) is 5.91 Å². The predicted octanol–water partition coefficient (Wildman–Crippen LogP) is 5.34. The number of nitrogens with zero attached hydrogens (tertiary/aromatic N) is 1. The molecule has 7 heteroatoms. The number of halogens is 2. The van der Waals surface area contributed by atoms with E-state index in [1.807, 2.05) is 19.9 Å². The monoisotopic (exact) mass is 404 g/mol. The minimum absolute atomic E-state index is 0.101. The third-order valence-corrected chi connectivity index (χ3v) is 4.28. The Kier molecular flexibility index (Phi) is 7.54. The van der Waals surface area contributed by atoms with Crippen molar-refractivity contribution in [2.24, 2.45) is 0 Å². The van der Waals surface area contributed by atoms with Crippen LogP contribution in [0.4, 0.5) is 5.69 Å². The molecular weight excluding hydrogens is 387 g/mol. The van der Waals surface area contributed by atoms with Crippen LogP contribution in [0.1, 0.15) is 19.4 Å². The number of carbonyl (C=O) groups is 1. The normalized spacial score (nSPS) is 10.9. The molecule has 0 atom stereocenters. The van der Waals surface area contributed by atoms with E-state index < -0.39 is 5.91 Å². The molecule has 0 saturated carbocycles. The molecule has 0 aliphatic carbocycles. The lowest BCUT2D eigenvalue weighted by Gasteiger charge is -2.11. The van der Waals surface area contributed by atoms with Crippen molar-refractivity contribution in [3.05, 3.63) is 57.6 Å². The first-order chi connectivity index (χ1) is 13.0. The van der Waals surface area contributed by atoms with Gasteiger partial charge in [0.1, 0.15) is 23.1 Å². The Labute approximate surface area is 168 Å². The number of hydrogen-bond acceptors (Lipinski definition) is 4. The molecule has 140 valence electrons. The molecule has 0 unspecified atom stereocenters. The molecule has 0 bridgehead atoms. The van der Waals surface area contributed by atoms with Crippen LogP contribution in [-0.2, 0) is 4.79 Å². The van der Waals surface area contributed by atoms with Crippen molar-refractivity contribution in [1.29, 1.82) is 5.26 Å². The largest absolute Gasteiger partial charge is 0.494 e. The van der Waals surface area contributed by atoms with Crippen LogP contribution in [0, 0.1) is 11.3 Å². The summed E-state index contributed by atoms with van der Waals surface area (Å²) in [6, 6.07) is 12.0. The third kappa shape index (κ3) is 5.40. The van der Waals surface area contributed by atoms with Crippen LogP contribution >= 0.6 is 23.2 Å². The number of amides is 1. The van der Waals surface area contributed by atoms with Crippen molar-refractivity contribution in [3.63, 3.8) is 0 Å². The van der Waals surface area contributed by atoms with Gasteiger partial charge in [-0.15, -0.1) is 0 Å². The summed E-state index contributed by atoms with van der Waals surface area (Å²) in [4.78, 5) is 12.5. The van der Waals surface area contributed by atoms with E-state index >= 15 is 0 Å². The van der Waals surface area contributed by atoms with Gasteiger partial charge < -0.3 is 14.8 Å². The predicted molar refractivity (Wildman–Crippen MR) is 107 cm³/mol. The van der Waals surface area contributed by atoms with Crippen molar-refractivity contribution in [2.45, 2.75) is 13.8 Å². The highest BCUT2D eigenvalue weighted by Gasteiger charge is 2.14. The van der Waals surface area contributed by atoms with E-state index in [-0.39, 0.29) is 10.6 Å². The summed E-state index contributed by atoms with van der Waals surface area (Å²) in [5, 5.41) is 12.5. The Bertz CT molecular complexity index is 905. The zero-order valence-corrected chi connectivity index (χ0v) is 16.4. The minimum Gasteiger partial charge on any atom is -0.494 e. The van der Waals surface area contributed by atoms with E-state index in [9.17, 15) is 10.1 Å². The second-order valence-electron chi connectivity index (χ2n) is 5.29. The quantitative estimate of drug-likeness (QED) is 0.499. The molecule has 0 aromatic heterocycles. The topological polar surface area (TPSA) is 71.3 Å². The van der Waals surface area contributed by atoms with Gasteiger partial charge in [-0.1, -0.05) is 29.3 Å². The number of nitrogens with one attached hydrogen (secondary N) is 1. The number of rotatable bonds is 7. The molecule has 0 saturated heterocycles. The highest BCUT2D eigenvalue weighted by Crippen LogP contribution is 2.30.